The summed E-state index contributed by atoms with van der Waals surface area (Å²) in [5, 5.41) is 5.75. The molecule has 29 heavy (non-hydrogen) atoms. The number of carbonyl (C=O) groups excluding carboxylic acids is 2. The normalized spacial score (nSPS) is 13.9. The maximum Gasteiger partial charge on any atom is 0.265 e. The predicted molar refractivity (Wildman–Crippen MR) is 115 cm³/mol. The predicted octanol–water partition coefficient (Wildman–Crippen LogP) is 4.50. The third-order valence-corrected chi connectivity index (χ3v) is 5.27. The minimum absolute atomic E-state index is 0.181. The van der Waals surface area contributed by atoms with Crippen molar-refractivity contribution in [2.24, 2.45) is 0 Å². The van der Waals surface area contributed by atoms with Gasteiger partial charge in [0.1, 0.15) is 5.75 Å². The lowest BCUT2D eigenvalue weighted by Crippen LogP contribution is -2.32. The molecule has 0 bridgehead atoms. The highest BCUT2D eigenvalue weighted by atomic mass is 16.5. The summed E-state index contributed by atoms with van der Waals surface area (Å²) in [4.78, 5) is 25.2. The zero-order valence-electron chi connectivity index (χ0n) is 17.3. The van der Waals surface area contributed by atoms with E-state index < -0.39 is 6.10 Å². The Bertz CT molecular complexity index is 863. The van der Waals surface area contributed by atoms with E-state index in [4.69, 9.17) is 4.74 Å². The van der Waals surface area contributed by atoms with Crippen molar-refractivity contribution in [2.45, 2.75) is 58.5 Å². The number of hydrogen-bond acceptors (Lipinski definition) is 3. The van der Waals surface area contributed by atoms with Crippen molar-refractivity contribution in [1.29, 1.82) is 0 Å². The van der Waals surface area contributed by atoms with Crippen LogP contribution in [0.4, 0.5) is 5.69 Å². The Kier molecular flexibility index (Phi) is 7.28. The second kappa shape index (κ2) is 10.1. The average molecular weight is 395 g/mol. The van der Waals surface area contributed by atoms with Gasteiger partial charge in [-0.25, -0.2) is 0 Å². The minimum atomic E-state index is -0.667. The zero-order valence-corrected chi connectivity index (χ0v) is 17.3. The molecule has 0 heterocycles. The molecule has 1 atom stereocenters. The molecule has 2 aromatic carbocycles. The number of ether oxygens (including phenoxy) is 1. The van der Waals surface area contributed by atoms with Crippen LogP contribution < -0.4 is 15.4 Å². The molecular weight excluding hydrogens is 364 g/mol. The number of anilines is 1. The highest BCUT2D eigenvalue weighted by molar-refractivity contribution is 6.04. The molecule has 1 unspecified atom stereocenters. The van der Waals surface area contributed by atoms with Crippen molar-refractivity contribution in [2.75, 3.05) is 11.9 Å². The Morgan fingerprint density at radius 2 is 1.86 bits per heavy atom. The Morgan fingerprint density at radius 1 is 1.07 bits per heavy atom. The van der Waals surface area contributed by atoms with Gasteiger partial charge in [0.25, 0.3) is 11.8 Å². The van der Waals surface area contributed by atoms with E-state index in [-0.39, 0.29) is 11.8 Å². The van der Waals surface area contributed by atoms with Crippen LogP contribution in [-0.2, 0) is 17.6 Å². The molecule has 154 valence electrons. The molecule has 0 spiro atoms. The van der Waals surface area contributed by atoms with Gasteiger partial charge in [0.2, 0.25) is 0 Å². The van der Waals surface area contributed by atoms with Gasteiger partial charge in [-0.15, -0.1) is 0 Å². The summed E-state index contributed by atoms with van der Waals surface area (Å²) in [6.07, 6.45) is 5.66. The fourth-order valence-electron chi connectivity index (χ4n) is 3.60. The molecule has 5 nitrogen and oxygen atoms in total. The summed E-state index contributed by atoms with van der Waals surface area (Å²) in [5.74, 6) is 0.336. The van der Waals surface area contributed by atoms with Gasteiger partial charge >= 0.3 is 0 Å². The topological polar surface area (TPSA) is 67.4 Å². The third kappa shape index (κ3) is 5.37. The molecule has 0 saturated heterocycles. The summed E-state index contributed by atoms with van der Waals surface area (Å²) >= 11 is 0. The fourth-order valence-corrected chi connectivity index (χ4v) is 3.60. The highest BCUT2D eigenvalue weighted by Crippen LogP contribution is 2.30. The number of nitrogens with one attached hydrogen (secondary N) is 2. The van der Waals surface area contributed by atoms with Crippen LogP contribution in [0.15, 0.2) is 42.5 Å². The van der Waals surface area contributed by atoms with Crippen LogP contribution in [0, 0.1) is 0 Å². The van der Waals surface area contributed by atoms with Gasteiger partial charge < -0.3 is 15.4 Å². The summed E-state index contributed by atoms with van der Waals surface area (Å²) in [5.41, 5.74) is 3.49. The first-order valence-corrected chi connectivity index (χ1v) is 10.6. The average Bonchev–Trinajstić information content (AvgIpc) is 2.74. The molecule has 2 aromatic rings. The summed E-state index contributed by atoms with van der Waals surface area (Å²) in [6, 6.07) is 13.1. The van der Waals surface area contributed by atoms with Crippen molar-refractivity contribution in [3.05, 3.63) is 59.2 Å². The van der Waals surface area contributed by atoms with Crippen LogP contribution in [0.2, 0.25) is 0 Å². The lowest BCUT2D eigenvalue weighted by atomic mass is 9.91. The Balaban J connectivity index is 1.67. The maximum atomic E-state index is 12.8. The number of hydrogen-bond donors (Lipinski definition) is 2. The van der Waals surface area contributed by atoms with Crippen molar-refractivity contribution < 1.29 is 14.3 Å². The van der Waals surface area contributed by atoms with Crippen molar-refractivity contribution in [3.63, 3.8) is 0 Å². The third-order valence-electron chi connectivity index (χ3n) is 5.27. The first-order chi connectivity index (χ1) is 14.1. The fraction of sp³-hybridized carbons (Fsp3) is 0.417. The molecule has 0 aromatic heterocycles. The molecule has 2 N–H and O–H groups in total. The Labute approximate surface area is 172 Å². The maximum absolute atomic E-state index is 12.8. The Hall–Kier alpha value is -2.82. The van der Waals surface area contributed by atoms with E-state index in [2.05, 4.69) is 23.6 Å². The largest absolute Gasteiger partial charge is 0.481 e. The molecule has 1 aliphatic carbocycles. The van der Waals surface area contributed by atoms with Gasteiger partial charge in [-0.05, 0) is 68.4 Å². The summed E-state index contributed by atoms with van der Waals surface area (Å²) in [7, 11) is 0. The molecule has 0 fully saturated rings. The number of benzene rings is 2. The van der Waals surface area contributed by atoms with Gasteiger partial charge in [-0.1, -0.05) is 37.6 Å². The number of amides is 2. The lowest BCUT2D eigenvalue weighted by Gasteiger charge is -2.22. The monoisotopic (exact) mass is 394 g/mol. The van der Waals surface area contributed by atoms with Gasteiger partial charge in [0, 0.05) is 6.54 Å². The van der Waals surface area contributed by atoms with Crippen LogP contribution in [0.5, 0.6) is 5.75 Å². The Morgan fingerprint density at radius 3 is 2.69 bits per heavy atom. The number of rotatable bonds is 8. The standard InChI is InChI=1S/C24H30N2O3/c1-3-4-16-25-24(28)20-13-7-8-14-21(20)26-23(27)17(2)29-22-15-9-11-18-10-5-6-12-19(18)22/h7-9,11,13-15,17H,3-6,10,12,16H2,1-2H3,(H,25,28)(H,26,27). The van der Waals surface area contributed by atoms with Crippen molar-refractivity contribution in [3.8, 4) is 5.75 Å². The number of carbonyl (C=O) groups is 2. The molecule has 0 radical (unpaired) electrons. The number of unbranched alkanes of at least 4 members (excludes halogenated alkanes) is 1. The second-order valence-electron chi connectivity index (χ2n) is 7.51. The van der Waals surface area contributed by atoms with Crippen LogP contribution in [0.25, 0.3) is 0 Å². The SMILES string of the molecule is CCCCNC(=O)c1ccccc1NC(=O)C(C)Oc1cccc2c1CCCC2. The highest BCUT2D eigenvalue weighted by Gasteiger charge is 2.21. The zero-order chi connectivity index (χ0) is 20.6. The molecule has 5 heteroatoms. The van der Waals surface area contributed by atoms with Gasteiger partial charge in [-0.2, -0.15) is 0 Å². The minimum Gasteiger partial charge on any atom is -0.481 e. The summed E-state index contributed by atoms with van der Waals surface area (Å²) < 4.78 is 6.01. The van der Waals surface area contributed by atoms with Crippen molar-refractivity contribution >= 4 is 17.5 Å². The molecule has 3 rings (SSSR count). The van der Waals surface area contributed by atoms with Crippen LogP contribution in [0.3, 0.4) is 0 Å². The van der Waals surface area contributed by atoms with Crippen LogP contribution >= 0.6 is 0 Å². The first kappa shape index (κ1) is 20.9. The molecule has 1 aliphatic rings. The first-order valence-electron chi connectivity index (χ1n) is 10.6. The van der Waals surface area contributed by atoms with Crippen LogP contribution in [0.1, 0.15) is 61.0 Å². The molecule has 0 aliphatic heterocycles. The van der Waals surface area contributed by atoms with E-state index in [0.717, 1.165) is 37.9 Å². The summed E-state index contributed by atoms with van der Waals surface area (Å²) in [6.45, 7) is 4.43. The number of para-hydroxylation sites is 1. The number of aryl methyl sites for hydroxylation is 1. The molecule has 0 saturated carbocycles. The molecule has 2 amide bonds. The molecular formula is C24H30N2O3. The lowest BCUT2D eigenvalue weighted by molar-refractivity contribution is -0.122. The van der Waals surface area contributed by atoms with Gasteiger partial charge in [0.05, 0.1) is 11.3 Å². The van der Waals surface area contributed by atoms with Gasteiger partial charge in [-0.3, -0.25) is 9.59 Å². The van der Waals surface area contributed by atoms with Crippen LogP contribution in [-0.4, -0.2) is 24.5 Å². The van der Waals surface area contributed by atoms with Crippen molar-refractivity contribution in [1.82, 2.24) is 5.32 Å². The van der Waals surface area contributed by atoms with Gasteiger partial charge in [0.15, 0.2) is 6.10 Å². The number of fused-ring (bicyclic) bond motifs is 1. The second-order valence-corrected chi connectivity index (χ2v) is 7.51. The van der Waals surface area contributed by atoms with E-state index in [0.29, 0.717) is 17.8 Å². The smallest absolute Gasteiger partial charge is 0.265 e. The van der Waals surface area contributed by atoms with E-state index in [9.17, 15) is 9.59 Å². The van der Waals surface area contributed by atoms with E-state index in [1.165, 1.54) is 17.5 Å². The van der Waals surface area contributed by atoms with E-state index >= 15 is 0 Å². The van der Waals surface area contributed by atoms with E-state index in [1.54, 1.807) is 31.2 Å². The quantitative estimate of drug-likeness (QED) is 0.648. The van der Waals surface area contributed by atoms with E-state index in [1.807, 2.05) is 12.1 Å².